The standard InChI is InChI=1S/C11H17NO3/c1-2-7-10(13)8-5-3-4-6-9-15-11(12)14/h1H,3-9H2,(H2,12,14). The van der Waals surface area contributed by atoms with Crippen LogP contribution >= 0.6 is 0 Å². The molecule has 0 aliphatic heterocycles. The van der Waals surface area contributed by atoms with Gasteiger partial charge in [-0.3, -0.25) is 4.79 Å². The molecule has 0 spiro atoms. The van der Waals surface area contributed by atoms with Crippen molar-refractivity contribution in [1.82, 2.24) is 0 Å². The van der Waals surface area contributed by atoms with E-state index in [-0.39, 0.29) is 12.2 Å². The van der Waals surface area contributed by atoms with Gasteiger partial charge in [0.25, 0.3) is 0 Å². The second-order valence-electron chi connectivity index (χ2n) is 3.25. The summed E-state index contributed by atoms with van der Waals surface area (Å²) in [6.07, 6.45) is 8.53. The third-order valence-electron chi connectivity index (χ3n) is 1.89. The van der Waals surface area contributed by atoms with Crippen LogP contribution in [0.25, 0.3) is 0 Å². The van der Waals surface area contributed by atoms with Gasteiger partial charge in [0.2, 0.25) is 0 Å². The molecular formula is C11H17NO3. The van der Waals surface area contributed by atoms with Crippen LogP contribution in [0.3, 0.4) is 0 Å². The van der Waals surface area contributed by atoms with E-state index in [1.54, 1.807) is 0 Å². The largest absolute Gasteiger partial charge is 0.450 e. The molecule has 15 heavy (non-hydrogen) atoms. The number of carbonyl (C=O) groups is 2. The van der Waals surface area contributed by atoms with Crippen LogP contribution in [-0.4, -0.2) is 18.5 Å². The molecule has 0 saturated heterocycles. The summed E-state index contributed by atoms with van der Waals surface area (Å²) in [6.45, 7) is 0.355. The van der Waals surface area contributed by atoms with Crippen molar-refractivity contribution in [3.05, 3.63) is 0 Å². The maximum absolute atomic E-state index is 11.0. The quantitative estimate of drug-likeness (QED) is 0.490. The Kier molecular flexibility index (Phi) is 8.16. The number of rotatable bonds is 8. The number of carbonyl (C=O) groups excluding carboxylic acids is 2. The Morgan fingerprint density at radius 3 is 2.47 bits per heavy atom. The van der Waals surface area contributed by atoms with Crippen LogP contribution in [0.2, 0.25) is 0 Å². The number of ketones is 1. The molecule has 0 fully saturated rings. The second kappa shape index (κ2) is 9.07. The zero-order valence-electron chi connectivity index (χ0n) is 8.83. The highest BCUT2D eigenvalue weighted by molar-refractivity contribution is 5.80. The molecular weight excluding hydrogens is 194 g/mol. The predicted molar refractivity (Wildman–Crippen MR) is 57.1 cm³/mol. The Morgan fingerprint density at radius 1 is 1.20 bits per heavy atom. The lowest BCUT2D eigenvalue weighted by molar-refractivity contribution is -0.118. The lowest BCUT2D eigenvalue weighted by Crippen LogP contribution is -2.13. The highest BCUT2D eigenvalue weighted by Crippen LogP contribution is 2.04. The lowest BCUT2D eigenvalue weighted by atomic mass is 10.1. The molecule has 0 unspecified atom stereocenters. The molecule has 0 aromatic carbocycles. The molecule has 84 valence electrons. The van der Waals surface area contributed by atoms with Crippen LogP contribution < -0.4 is 5.73 Å². The molecule has 0 aliphatic rings. The average molecular weight is 211 g/mol. The van der Waals surface area contributed by atoms with Gasteiger partial charge in [0.05, 0.1) is 13.0 Å². The minimum Gasteiger partial charge on any atom is -0.450 e. The molecule has 4 heteroatoms. The van der Waals surface area contributed by atoms with Gasteiger partial charge in [-0.15, -0.1) is 6.42 Å². The van der Waals surface area contributed by atoms with Crippen LogP contribution in [0.4, 0.5) is 4.79 Å². The minimum absolute atomic E-state index is 0.117. The van der Waals surface area contributed by atoms with Crippen LogP contribution in [0, 0.1) is 12.3 Å². The summed E-state index contributed by atoms with van der Waals surface area (Å²) < 4.78 is 4.55. The van der Waals surface area contributed by atoms with Gasteiger partial charge in [-0.05, 0) is 12.8 Å². The fraction of sp³-hybridized carbons (Fsp3) is 0.636. The molecule has 0 saturated carbocycles. The van der Waals surface area contributed by atoms with E-state index in [2.05, 4.69) is 10.7 Å². The molecule has 0 rings (SSSR count). The third kappa shape index (κ3) is 10.4. The molecule has 0 atom stereocenters. The number of hydrogen-bond donors (Lipinski definition) is 1. The molecule has 0 heterocycles. The summed E-state index contributed by atoms with van der Waals surface area (Å²) >= 11 is 0. The Morgan fingerprint density at radius 2 is 1.87 bits per heavy atom. The van der Waals surface area contributed by atoms with Gasteiger partial charge in [0.15, 0.2) is 0 Å². The first-order valence-electron chi connectivity index (χ1n) is 5.04. The summed E-state index contributed by atoms with van der Waals surface area (Å²) in [4.78, 5) is 21.2. The zero-order chi connectivity index (χ0) is 11.5. The molecule has 0 aromatic heterocycles. The van der Waals surface area contributed by atoms with E-state index in [0.29, 0.717) is 13.0 Å². The first-order valence-corrected chi connectivity index (χ1v) is 5.04. The number of primary amides is 1. The molecule has 0 bridgehead atoms. The maximum Gasteiger partial charge on any atom is 0.404 e. The van der Waals surface area contributed by atoms with Crippen molar-refractivity contribution in [2.45, 2.75) is 38.5 Å². The number of ether oxygens (including phenoxy) is 1. The van der Waals surface area contributed by atoms with Crippen molar-refractivity contribution in [3.63, 3.8) is 0 Å². The number of unbranched alkanes of at least 4 members (excludes halogenated alkanes) is 3. The monoisotopic (exact) mass is 211 g/mol. The van der Waals surface area contributed by atoms with Crippen molar-refractivity contribution in [1.29, 1.82) is 0 Å². The van der Waals surface area contributed by atoms with Crippen LogP contribution in [0.15, 0.2) is 0 Å². The third-order valence-corrected chi connectivity index (χ3v) is 1.89. The molecule has 2 N–H and O–H groups in total. The second-order valence-corrected chi connectivity index (χ2v) is 3.25. The van der Waals surface area contributed by atoms with E-state index >= 15 is 0 Å². The summed E-state index contributed by atoms with van der Waals surface area (Å²) in [5, 5.41) is 0. The van der Waals surface area contributed by atoms with E-state index in [0.717, 1.165) is 25.7 Å². The van der Waals surface area contributed by atoms with E-state index in [9.17, 15) is 9.59 Å². The minimum atomic E-state index is -0.737. The molecule has 0 aromatic rings. The number of hydrogen-bond acceptors (Lipinski definition) is 3. The highest BCUT2D eigenvalue weighted by Gasteiger charge is 1.99. The van der Waals surface area contributed by atoms with Crippen molar-refractivity contribution in [2.24, 2.45) is 5.73 Å². The summed E-state index contributed by atoms with van der Waals surface area (Å²) in [5.41, 5.74) is 4.78. The maximum atomic E-state index is 11.0. The fourth-order valence-corrected chi connectivity index (χ4v) is 1.15. The lowest BCUT2D eigenvalue weighted by Gasteiger charge is -2.01. The highest BCUT2D eigenvalue weighted by atomic mass is 16.5. The Labute approximate surface area is 90.2 Å². The van der Waals surface area contributed by atoms with Gasteiger partial charge in [-0.25, -0.2) is 4.79 Å². The SMILES string of the molecule is C#CCC(=O)CCCCCCOC(N)=O. The van der Waals surface area contributed by atoms with Crippen LogP contribution in [0.5, 0.6) is 0 Å². The number of nitrogens with two attached hydrogens (primary N) is 1. The molecule has 0 aliphatic carbocycles. The van der Waals surface area contributed by atoms with Crippen LogP contribution in [0.1, 0.15) is 38.5 Å². The van der Waals surface area contributed by atoms with Crippen LogP contribution in [-0.2, 0) is 9.53 Å². The van der Waals surface area contributed by atoms with Crippen molar-refractivity contribution >= 4 is 11.9 Å². The normalized spacial score (nSPS) is 9.27. The Balaban J connectivity index is 3.15. The summed E-state index contributed by atoms with van der Waals surface area (Å²) in [6, 6.07) is 0. The molecule has 4 nitrogen and oxygen atoms in total. The number of amides is 1. The topological polar surface area (TPSA) is 69.4 Å². The summed E-state index contributed by atoms with van der Waals surface area (Å²) in [7, 11) is 0. The smallest absolute Gasteiger partial charge is 0.404 e. The van der Waals surface area contributed by atoms with Gasteiger partial charge in [0.1, 0.15) is 5.78 Å². The van der Waals surface area contributed by atoms with E-state index < -0.39 is 6.09 Å². The first kappa shape index (κ1) is 13.5. The Bertz CT molecular complexity index is 243. The van der Waals surface area contributed by atoms with Gasteiger partial charge >= 0.3 is 6.09 Å². The van der Waals surface area contributed by atoms with Gasteiger partial charge in [-0.2, -0.15) is 0 Å². The van der Waals surface area contributed by atoms with Gasteiger partial charge < -0.3 is 10.5 Å². The zero-order valence-corrected chi connectivity index (χ0v) is 8.83. The number of terminal acetylenes is 1. The Hall–Kier alpha value is -1.50. The summed E-state index contributed by atoms with van der Waals surface area (Å²) in [5.74, 6) is 2.44. The van der Waals surface area contributed by atoms with Gasteiger partial charge in [0, 0.05) is 6.42 Å². The fourth-order valence-electron chi connectivity index (χ4n) is 1.15. The molecule has 1 amide bonds. The average Bonchev–Trinajstić information content (AvgIpc) is 2.16. The molecule has 0 radical (unpaired) electrons. The predicted octanol–water partition coefficient (Wildman–Crippen LogP) is 1.62. The van der Waals surface area contributed by atoms with E-state index in [1.807, 2.05) is 0 Å². The van der Waals surface area contributed by atoms with E-state index in [1.165, 1.54) is 0 Å². The van der Waals surface area contributed by atoms with Crippen molar-refractivity contribution in [3.8, 4) is 12.3 Å². The van der Waals surface area contributed by atoms with Crippen molar-refractivity contribution < 1.29 is 14.3 Å². The number of Topliss-reactive ketones (excluding diaryl/α,β-unsaturated/α-hetero) is 1. The van der Waals surface area contributed by atoms with E-state index in [4.69, 9.17) is 12.2 Å². The first-order chi connectivity index (χ1) is 7.16. The van der Waals surface area contributed by atoms with Crippen molar-refractivity contribution in [2.75, 3.05) is 6.61 Å². The van der Waals surface area contributed by atoms with Gasteiger partial charge in [-0.1, -0.05) is 18.8 Å².